The van der Waals surface area contributed by atoms with Crippen LogP contribution in [0.3, 0.4) is 0 Å². The molecule has 0 amide bonds. The van der Waals surface area contributed by atoms with Crippen LogP contribution in [-0.2, 0) is 0 Å². The van der Waals surface area contributed by atoms with Gasteiger partial charge in [0.15, 0.2) is 5.65 Å². The molecule has 18 heavy (non-hydrogen) atoms. The van der Waals surface area contributed by atoms with Gasteiger partial charge in [-0.2, -0.15) is 5.10 Å². The first-order valence-corrected chi connectivity index (χ1v) is 6.79. The van der Waals surface area contributed by atoms with Crippen LogP contribution < -0.4 is 0 Å². The Morgan fingerprint density at radius 1 is 0.944 bits per heavy atom. The van der Waals surface area contributed by atoms with Gasteiger partial charge in [0.1, 0.15) is 0 Å². The van der Waals surface area contributed by atoms with Crippen LogP contribution in [-0.4, -0.2) is 14.8 Å². The number of hydrogen-bond donors (Lipinski definition) is 0. The summed E-state index contributed by atoms with van der Waals surface area (Å²) in [6, 6.07) is 2.63. The second-order valence-corrected chi connectivity index (χ2v) is 5.90. The third kappa shape index (κ3) is 2.14. The van der Waals surface area contributed by atoms with Gasteiger partial charge in [-0.25, -0.2) is 0 Å². The summed E-state index contributed by atoms with van der Waals surface area (Å²) < 4.78 is 2.22. The van der Waals surface area contributed by atoms with E-state index in [2.05, 4.69) is 68.6 Å². The molecule has 0 unspecified atom stereocenters. The fraction of sp³-hybridized carbons (Fsp3) is 0.600. The van der Waals surface area contributed by atoms with E-state index >= 15 is 0 Å². The fourth-order valence-electron chi connectivity index (χ4n) is 2.22. The molecule has 0 aliphatic carbocycles. The first kappa shape index (κ1) is 13.1. The SMILES string of the molecule is CC(C)c1cc2c(C(C)C)cn(C(C)C)c2nn1. The minimum Gasteiger partial charge on any atom is -0.328 e. The van der Waals surface area contributed by atoms with Gasteiger partial charge >= 0.3 is 0 Å². The van der Waals surface area contributed by atoms with E-state index in [0.29, 0.717) is 17.9 Å². The lowest BCUT2D eigenvalue weighted by molar-refractivity contribution is 0.611. The Labute approximate surface area is 109 Å². The van der Waals surface area contributed by atoms with E-state index in [4.69, 9.17) is 0 Å². The largest absolute Gasteiger partial charge is 0.328 e. The van der Waals surface area contributed by atoms with Crippen LogP contribution in [0.25, 0.3) is 11.0 Å². The van der Waals surface area contributed by atoms with Gasteiger partial charge in [0, 0.05) is 17.6 Å². The van der Waals surface area contributed by atoms with E-state index in [1.54, 1.807) is 0 Å². The predicted molar refractivity (Wildman–Crippen MR) is 76.1 cm³/mol. The highest BCUT2D eigenvalue weighted by Gasteiger charge is 2.16. The summed E-state index contributed by atoms with van der Waals surface area (Å²) in [6.45, 7) is 13.1. The Morgan fingerprint density at radius 2 is 1.61 bits per heavy atom. The first-order valence-electron chi connectivity index (χ1n) is 6.79. The lowest BCUT2D eigenvalue weighted by Crippen LogP contribution is -2.02. The molecule has 0 bridgehead atoms. The molecule has 3 heteroatoms. The Hall–Kier alpha value is -1.38. The molecule has 2 aromatic heterocycles. The zero-order valence-corrected chi connectivity index (χ0v) is 12.2. The molecule has 0 spiro atoms. The zero-order chi connectivity index (χ0) is 13.4. The summed E-state index contributed by atoms with van der Waals surface area (Å²) in [5.41, 5.74) is 3.46. The predicted octanol–water partition coefficient (Wildman–Crippen LogP) is 4.26. The number of nitrogens with zero attached hydrogens (tertiary/aromatic N) is 3. The number of rotatable bonds is 3. The molecule has 0 saturated carbocycles. The molecule has 2 aromatic rings. The molecule has 0 N–H and O–H groups in total. The molecule has 3 nitrogen and oxygen atoms in total. The van der Waals surface area contributed by atoms with Crippen molar-refractivity contribution in [2.75, 3.05) is 0 Å². The molecular formula is C15H23N3. The molecule has 0 aliphatic rings. The van der Waals surface area contributed by atoms with Crippen LogP contribution in [0.1, 0.15) is 70.7 Å². The van der Waals surface area contributed by atoms with Crippen LogP contribution in [0.15, 0.2) is 12.3 Å². The maximum atomic E-state index is 4.44. The topological polar surface area (TPSA) is 30.7 Å². The van der Waals surface area contributed by atoms with Gasteiger partial charge in [-0.15, -0.1) is 5.10 Å². The van der Waals surface area contributed by atoms with Crippen molar-refractivity contribution in [3.05, 3.63) is 23.5 Å². The van der Waals surface area contributed by atoms with Gasteiger partial charge in [-0.1, -0.05) is 27.7 Å². The summed E-state index contributed by atoms with van der Waals surface area (Å²) in [5, 5.41) is 10.1. The average Bonchev–Trinajstić information content (AvgIpc) is 2.67. The second kappa shape index (κ2) is 4.71. The van der Waals surface area contributed by atoms with E-state index in [0.717, 1.165) is 11.3 Å². The Morgan fingerprint density at radius 3 is 2.11 bits per heavy atom. The van der Waals surface area contributed by atoms with Crippen LogP contribution in [0.2, 0.25) is 0 Å². The minimum atomic E-state index is 0.416. The Balaban J connectivity index is 2.71. The third-order valence-corrected chi connectivity index (χ3v) is 3.40. The van der Waals surface area contributed by atoms with Gasteiger partial charge in [-0.05, 0) is 37.3 Å². The Kier molecular flexibility index (Phi) is 3.42. The maximum Gasteiger partial charge on any atom is 0.163 e. The highest BCUT2D eigenvalue weighted by atomic mass is 15.2. The highest BCUT2D eigenvalue weighted by Crippen LogP contribution is 2.29. The zero-order valence-electron chi connectivity index (χ0n) is 12.2. The highest BCUT2D eigenvalue weighted by molar-refractivity contribution is 5.81. The van der Waals surface area contributed by atoms with Crippen molar-refractivity contribution in [2.24, 2.45) is 0 Å². The summed E-state index contributed by atoms with van der Waals surface area (Å²) in [6.07, 6.45) is 2.23. The third-order valence-electron chi connectivity index (χ3n) is 3.40. The van der Waals surface area contributed by atoms with Crippen LogP contribution in [0.4, 0.5) is 0 Å². The van der Waals surface area contributed by atoms with Gasteiger partial charge in [0.05, 0.1) is 5.69 Å². The van der Waals surface area contributed by atoms with Crippen LogP contribution in [0.5, 0.6) is 0 Å². The van der Waals surface area contributed by atoms with Crippen molar-refractivity contribution >= 4 is 11.0 Å². The molecule has 0 fully saturated rings. The summed E-state index contributed by atoms with van der Waals surface area (Å²) in [7, 11) is 0. The van der Waals surface area contributed by atoms with Gasteiger partial charge < -0.3 is 4.57 Å². The molecule has 0 aliphatic heterocycles. The second-order valence-electron chi connectivity index (χ2n) is 5.90. The lowest BCUT2D eigenvalue weighted by atomic mass is 10.0. The van der Waals surface area contributed by atoms with Crippen molar-refractivity contribution in [3.63, 3.8) is 0 Å². The molecule has 0 saturated heterocycles. The Bertz CT molecular complexity index is 550. The van der Waals surface area contributed by atoms with Crippen LogP contribution in [0, 0.1) is 0 Å². The fourth-order valence-corrected chi connectivity index (χ4v) is 2.22. The number of hydrogen-bond acceptors (Lipinski definition) is 2. The summed E-state index contributed by atoms with van der Waals surface area (Å²) in [4.78, 5) is 0. The van der Waals surface area contributed by atoms with Crippen molar-refractivity contribution in [2.45, 2.75) is 59.4 Å². The number of fused-ring (bicyclic) bond motifs is 1. The van der Waals surface area contributed by atoms with E-state index in [-0.39, 0.29) is 0 Å². The molecule has 2 heterocycles. The van der Waals surface area contributed by atoms with E-state index in [9.17, 15) is 0 Å². The molecule has 0 radical (unpaired) electrons. The average molecular weight is 245 g/mol. The molecule has 98 valence electrons. The molecule has 2 rings (SSSR count). The van der Waals surface area contributed by atoms with Crippen molar-refractivity contribution in [3.8, 4) is 0 Å². The van der Waals surface area contributed by atoms with E-state index in [1.165, 1.54) is 10.9 Å². The molecule has 0 atom stereocenters. The number of aromatic nitrogens is 3. The van der Waals surface area contributed by atoms with Gasteiger partial charge in [-0.3, -0.25) is 0 Å². The quantitative estimate of drug-likeness (QED) is 0.809. The first-order chi connectivity index (χ1) is 8.41. The smallest absolute Gasteiger partial charge is 0.163 e. The summed E-state index contributed by atoms with van der Waals surface area (Å²) >= 11 is 0. The van der Waals surface area contributed by atoms with Crippen LogP contribution >= 0.6 is 0 Å². The molecular weight excluding hydrogens is 222 g/mol. The maximum absolute atomic E-state index is 4.44. The normalized spacial score (nSPS) is 12.3. The molecule has 0 aromatic carbocycles. The van der Waals surface area contributed by atoms with E-state index < -0.39 is 0 Å². The lowest BCUT2D eigenvalue weighted by Gasteiger charge is -2.08. The minimum absolute atomic E-state index is 0.416. The van der Waals surface area contributed by atoms with Gasteiger partial charge in [0.2, 0.25) is 0 Å². The monoisotopic (exact) mass is 245 g/mol. The van der Waals surface area contributed by atoms with Gasteiger partial charge in [0.25, 0.3) is 0 Å². The van der Waals surface area contributed by atoms with Crippen molar-refractivity contribution < 1.29 is 0 Å². The van der Waals surface area contributed by atoms with E-state index in [1.807, 2.05) is 0 Å². The van der Waals surface area contributed by atoms with Crippen molar-refractivity contribution in [1.82, 2.24) is 14.8 Å². The summed E-state index contributed by atoms with van der Waals surface area (Å²) in [5.74, 6) is 0.932. The van der Waals surface area contributed by atoms with Crippen molar-refractivity contribution in [1.29, 1.82) is 0 Å². The standard InChI is InChI=1S/C15H23N3/c1-9(2)13-8-18(11(5)6)15-12(13)7-14(10(3)4)16-17-15/h7-11H,1-6H3.